The van der Waals surface area contributed by atoms with Crippen molar-refractivity contribution in [2.75, 3.05) is 31.3 Å². The summed E-state index contributed by atoms with van der Waals surface area (Å²) in [6.07, 6.45) is 3.70. The molecule has 1 aromatic rings. The van der Waals surface area contributed by atoms with E-state index in [0.717, 1.165) is 5.75 Å². The number of thioether (sulfide) groups is 1. The van der Waals surface area contributed by atoms with E-state index >= 15 is 0 Å². The second kappa shape index (κ2) is 5.79. The fraction of sp³-hybridized carbons (Fsp3) is 0.600. The summed E-state index contributed by atoms with van der Waals surface area (Å²) in [6.45, 7) is 3.38. The first-order chi connectivity index (χ1) is 7.60. The van der Waals surface area contributed by atoms with E-state index in [2.05, 4.69) is 5.10 Å². The van der Waals surface area contributed by atoms with Crippen molar-refractivity contribution in [2.24, 2.45) is 0 Å². The number of rotatable bonds is 5. The number of aromatic nitrogens is 2. The smallest absolute Gasteiger partial charge is 0.276 e. The lowest BCUT2D eigenvalue weighted by atomic mass is 10.3. The van der Waals surface area contributed by atoms with Crippen LogP contribution in [0.4, 0.5) is 5.69 Å². The van der Waals surface area contributed by atoms with Crippen molar-refractivity contribution in [2.45, 2.75) is 13.5 Å². The number of nitrogen functional groups attached to an aromatic ring is 1. The maximum Gasteiger partial charge on any atom is 0.276 e. The minimum absolute atomic E-state index is 0.112. The number of nitrogens with two attached hydrogens (primary N) is 1. The maximum atomic E-state index is 12.0. The number of carbonyl (C=O) groups is 1. The lowest BCUT2D eigenvalue weighted by Crippen LogP contribution is -2.29. The van der Waals surface area contributed by atoms with Crippen molar-refractivity contribution in [3.8, 4) is 0 Å². The summed E-state index contributed by atoms with van der Waals surface area (Å²) >= 11 is 1.71. The summed E-state index contributed by atoms with van der Waals surface area (Å²) in [5.74, 6) is 0.801. The molecule has 0 aliphatic rings. The summed E-state index contributed by atoms with van der Waals surface area (Å²) < 4.78 is 1.67. The van der Waals surface area contributed by atoms with Crippen LogP contribution in [0, 0.1) is 0 Å². The van der Waals surface area contributed by atoms with E-state index in [1.165, 1.54) is 0 Å². The molecule has 0 atom stereocenters. The molecule has 6 heteroatoms. The SMILES string of the molecule is CCn1cc(N)c(C(=O)N(C)CCSC)n1. The quantitative estimate of drug-likeness (QED) is 0.834. The van der Waals surface area contributed by atoms with Gasteiger partial charge in [-0.05, 0) is 13.2 Å². The van der Waals surface area contributed by atoms with Gasteiger partial charge >= 0.3 is 0 Å². The first-order valence-electron chi connectivity index (χ1n) is 5.17. The number of amides is 1. The van der Waals surface area contributed by atoms with Crippen LogP contribution in [0.2, 0.25) is 0 Å². The molecule has 0 unspecified atom stereocenters. The second-order valence-electron chi connectivity index (χ2n) is 3.51. The molecule has 1 amide bonds. The molecular weight excluding hydrogens is 224 g/mol. The van der Waals surface area contributed by atoms with Gasteiger partial charge in [0.15, 0.2) is 5.69 Å². The zero-order valence-corrected chi connectivity index (χ0v) is 10.8. The molecule has 0 bridgehead atoms. The van der Waals surface area contributed by atoms with Gasteiger partial charge in [0.2, 0.25) is 0 Å². The molecule has 0 aromatic carbocycles. The third-order valence-electron chi connectivity index (χ3n) is 2.29. The number of anilines is 1. The van der Waals surface area contributed by atoms with E-state index in [-0.39, 0.29) is 5.91 Å². The normalized spacial score (nSPS) is 10.4. The second-order valence-corrected chi connectivity index (χ2v) is 4.49. The van der Waals surface area contributed by atoms with Crippen LogP contribution in [-0.2, 0) is 6.54 Å². The van der Waals surface area contributed by atoms with Crippen LogP contribution in [0.25, 0.3) is 0 Å². The molecule has 0 saturated heterocycles. The van der Waals surface area contributed by atoms with Crippen LogP contribution in [0.1, 0.15) is 17.4 Å². The first kappa shape index (κ1) is 12.9. The van der Waals surface area contributed by atoms with Gasteiger partial charge in [0.1, 0.15) is 0 Å². The van der Waals surface area contributed by atoms with Gasteiger partial charge in [-0.3, -0.25) is 9.48 Å². The Bertz CT molecular complexity index is 364. The standard InChI is InChI=1S/C10H18N4OS/c1-4-14-7-8(11)9(12-14)10(15)13(2)5-6-16-3/h7H,4-6,11H2,1-3H3. The van der Waals surface area contributed by atoms with Crippen molar-refractivity contribution < 1.29 is 4.79 Å². The first-order valence-corrected chi connectivity index (χ1v) is 6.56. The van der Waals surface area contributed by atoms with Gasteiger partial charge in [0, 0.05) is 32.1 Å². The Balaban J connectivity index is 2.75. The largest absolute Gasteiger partial charge is 0.396 e. The Morgan fingerprint density at radius 1 is 1.69 bits per heavy atom. The van der Waals surface area contributed by atoms with Crippen LogP contribution in [-0.4, -0.2) is 46.2 Å². The topological polar surface area (TPSA) is 64.2 Å². The van der Waals surface area contributed by atoms with Crippen LogP contribution >= 0.6 is 11.8 Å². The number of hydrogen-bond donors (Lipinski definition) is 1. The van der Waals surface area contributed by atoms with Gasteiger partial charge in [-0.1, -0.05) is 0 Å². The monoisotopic (exact) mass is 242 g/mol. The minimum Gasteiger partial charge on any atom is -0.396 e. The Hall–Kier alpha value is -1.17. The molecule has 1 aromatic heterocycles. The van der Waals surface area contributed by atoms with Crippen molar-refractivity contribution in [3.63, 3.8) is 0 Å². The van der Waals surface area contributed by atoms with E-state index in [0.29, 0.717) is 24.5 Å². The van der Waals surface area contributed by atoms with Crippen molar-refractivity contribution >= 4 is 23.4 Å². The van der Waals surface area contributed by atoms with Gasteiger partial charge in [0.05, 0.1) is 5.69 Å². The molecule has 0 aliphatic carbocycles. The van der Waals surface area contributed by atoms with Gasteiger partial charge in [-0.15, -0.1) is 0 Å². The molecule has 90 valence electrons. The van der Waals surface area contributed by atoms with Crippen molar-refractivity contribution in [1.82, 2.24) is 14.7 Å². The molecule has 2 N–H and O–H groups in total. The van der Waals surface area contributed by atoms with Crippen molar-refractivity contribution in [1.29, 1.82) is 0 Å². The summed E-state index contributed by atoms with van der Waals surface area (Å²) in [5, 5.41) is 4.15. The van der Waals surface area contributed by atoms with Gasteiger partial charge < -0.3 is 10.6 Å². The molecule has 0 saturated carbocycles. The lowest BCUT2D eigenvalue weighted by Gasteiger charge is -2.15. The zero-order chi connectivity index (χ0) is 12.1. The Labute approximate surface area is 100.0 Å². The predicted molar refractivity (Wildman–Crippen MR) is 67.7 cm³/mol. The molecule has 0 aliphatic heterocycles. The number of carbonyl (C=O) groups excluding carboxylic acids is 1. The Morgan fingerprint density at radius 2 is 2.38 bits per heavy atom. The molecule has 5 nitrogen and oxygen atoms in total. The maximum absolute atomic E-state index is 12.0. The van der Waals surface area contributed by atoms with E-state index in [1.54, 1.807) is 34.6 Å². The molecular formula is C10H18N4OS. The van der Waals surface area contributed by atoms with Gasteiger partial charge in [-0.25, -0.2) is 0 Å². The van der Waals surface area contributed by atoms with Crippen LogP contribution in [0.15, 0.2) is 6.20 Å². The minimum atomic E-state index is -0.112. The summed E-state index contributed by atoms with van der Waals surface area (Å²) in [7, 11) is 1.77. The summed E-state index contributed by atoms with van der Waals surface area (Å²) in [5.41, 5.74) is 6.55. The van der Waals surface area contributed by atoms with Gasteiger partial charge in [-0.2, -0.15) is 16.9 Å². The third-order valence-corrected chi connectivity index (χ3v) is 2.88. The predicted octanol–water partition coefficient (Wildman–Crippen LogP) is 0.920. The molecule has 1 heterocycles. The molecule has 1 rings (SSSR count). The molecule has 0 radical (unpaired) electrons. The van der Waals surface area contributed by atoms with Crippen LogP contribution in [0.3, 0.4) is 0 Å². The lowest BCUT2D eigenvalue weighted by molar-refractivity contribution is 0.0798. The third kappa shape index (κ3) is 2.91. The molecule has 0 fully saturated rings. The summed E-state index contributed by atoms with van der Waals surface area (Å²) in [6, 6.07) is 0. The number of aryl methyl sites for hydroxylation is 1. The van der Waals surface area contributed by atoms with E-state index in [4.69, 9.17) is 5.73 Å². The van der Waals surface area contributed by atoms with E-state index < -0.39 is 0 Å². The highest BCUT2D eigenvalue weighted by molar-refractivity contribution is 7.98. The van der Waals surface area contributed by atoms with Crippen LogP contribution in [0.5, 0.6) is 0 Å². The van der Waals surface area contributed by atoms with Crippen molar-refractivity contribution in [3.05, 3.63) is 11.9 Å². The number of nitrogens with zero attached hydrogens (tertiary/aromatic N) is 3. The van der Waals surface area contributed by atoms with E-state index in [9.17, 15) is 4.79 Å². The molecule has 0 spiro atoms. The highest BCUT2D eigenvalue weighted by Gasteiger charge is 2.18. The fourth-order valence-electron chi connectivity index (χ4n) is 1.28. The Kier molecular flexibility index (Phi) is 4.67. The van der Waals surface area contributed by atoms with Crippen LogP contribution < -0.4 is 5.73 Å². The molecule has 16 heavy (non-hydrogen) atoms. The zero-order valence-electron chi connectivity index (χ0n) is 9.93. The fourth-order valence-corrected chi connectivity index (χ4v) is 1.73. The highest BCUT2D eigenvalue weighted by Crippen LogP contribution is 2.11. The van der Waals surface area contributed by atoms with E-state index in [1.807, 2.05) is 13.2 Å². The number of hydrogen-bond acceptors (Lipinski definition) is 4. The average molecular weight is 242 g/mol. The Morgan fingerprint density at radius 3 is 2.88 bits per heavy atom. The summed E-state index contributed by atoms with van der Waals surface area (Å²) in [4.78, 5) is 13.6. The van der Waals surface area contributed by atoms with Gasteiger partial charge in [0.25, 0.3) is 5.91 Å². The average Bonchev–Trinajstić information content (AvgIpc) is 2.66. The highest BCUT2D eigenvalue weighted by atomic mass is 32.2.